The molecule has 0 unspecified atom stereocenters. The molecular weight excluding hydrogens is 288 g/mol. The fourth-order valence-electron chi connectivity index (χ4n) is 2.35. The van der Waals surface area contributed by atoms with Gasteiger partial charge >= 0.3 is 0 Å². The molecule has 2 aromatic heterocycles. The molecule has 3 rings (SSSR count). The van der Waals surface area contributed by atoms with E-state index in [1.165, 1.54) is 11.3 Å². The molecule has 1 aliphatic heterocycles. The Morgan fingerprint density at radius 2 is 2.19 bits per heavy atom. The Morgan fingerprint density at radius 3 is 2.81 bits per heavy atom. The van der Waals surface area contributed by atoms with Gasteiger partial charge < -0.3 is 9.42 Å². The number of aromatic nitrogens is 2. The molecule has 0 aliphatic carbocycles. The van der Waals surface area contributed by atoms with Crippen LogP contribution in [0.1, 0.15) is 28.3 Å². The number of hydrogen-bond acceptors (Lipinski definition) is 6. The standard InChI is InChI=1S/C14H18N4O2S/c1-2-12-15-13(20-16-12)10-17-5-7-18(8-6-17)14(19)11-4-3-9-21-11/h3-4,9H,2,5-8,10H2,1H3. The van der Waals surface area contributed by atoms with Crippen molar-refractivity contribution in [3.63, 3.8) is 0 Å². The first-order chi connectivity index (χ1) is 10.3. The van der Waals surface area contributed by atoms with E-state index in [-0.39, 0.29) is 5.91 Å². The van der Waals surface area contributed by atoms with Gasteiger partial charge in [0.2, 0.25) is 5.89 Å². The molecule has 0 atom stereocenters. The van der Waals surface area contributed by atoms with Crippen LogP contribution < -0.4 is 0 Å². The first-order valence-electron chi connectivity index (χ1n) is 7.13. The van der Waals surface area contributed by atoms with E-state index in [9.17, 15) is 4.79 Å². The molecule has 0 saturated carbocycles. The summed E-state index contributed by atoms with van der Waals surface area (Å²) in [6.45, 7) is 5.82. The predicted octanol–water partition coefficient (Wildman–Crippen LogP) is 1.65. The Balaban J connectivity index is 1.52. The summed E-state index contributed by atoms with van der Waals surface area (Å²) < 4.78 is 5.21. The number of piperazine rings is 1. The molecule has 0 spiro atoms. The normalized spacial score (nSPS) is 16.3. The summed E-state index contributed by atoms with van der Waals surface area (Å²) in [7, 11) is 0. The maximum Gasteiger partial charge on any atom is 0.264 e. The van der Waals surface area contributed by atoms with Gasteiger partial charge in [-0.2, -0.15) is 4.98 Å². The fourth-order valence-corrected chi connectivity index (χ4v) is 3.05. The summed E-state index contributed by atoms with van der Waals surface area (Å²) >= 11 is 1.50. The van der Waals surface area contributed by atoms with E-state index in [2.05, 4.69) is 15.0 Å². The summed E-state index contributed by atoms with van der Waals surface area (Å²) in [6, 6.07) is 3.79. The minimum Gasteiger partial charge on any atom is -0.338 e. The molecular formula is C14H18N4O2S. The minimum atomic E-state index is 0.135. The van der Waals surface area contributed by atoms with Crippen LogP contribution in [-0.4, -0.2) is 52.0 Å². The third-order valence-corrected chi connectivity index (χ3v) is 4.43. The predicted molar refractivity (Wildman–Crippen MR) is 79.2 cm³/mol. The Morgan fingerprint density at radius 1 is 1.38 bits per heavy atom. The van der Waals surface area contributed by atoms with Crippen LogP contribution >= 0.6 is 11.3 Å². The summed E-state index contributed by atoms with van der Waals surface area (Å²) in [5.74, 6) is 1.54. The zero-order chi connectivity index (χ0) is 14.7. The average molecular weight is 306 g/mol. The molecule has 21 heavy (non-hydrogen) atoms. The summed E-state index contributed by atoms with van der Waals surface area (Å²) in [6.07, 6.45) is 0.784. The molecule has 1 aliphatic rings. The fraction of sp³-hybridized carbons (Fsp3) is 0.500. The van der Waals surface area contributed by atoms with E-state index in [4.69, 9.17) is 4.52 Å². The number of rotatable bonds is 4. The highest BCUT2D eigenvalue weighted by Crippen LogP contribution is 2.14. The highest BCUT2D eigenvalue weighted by molar-refractivity contribution is 7.12. The van der Waals surface area contributed by atoms with Crippen LogP contribution in [0.15, 0.2) is 22.0 Å². The maximum atomic E-state index is 12.2. The molecule has 0 aromatic carbocycles. The number of carbonyl (C=O) groups is 1. The smallest absolute Gasteiger partial charge is 0.264 e. The lowest BCUT2D eigenvalue weighted by molar-refractivity contribution is 0.0620. The zero-order valence-corrected chi connectivity index (χ0v) is 12.8. The van der Waals surface area contributed by atoms with E-state index in [1.807, 2.05) is 29.3 Å². The van der Waals surface area contributed by atoms with E-state index in [1.54, 1.807) is 0 Å². The molecule has 0 radical (unpaired) electrons. The molecule has 2 aromatic rings. The van der Waals surface area contributed by atoms with Crippen molar-refractivity contribution in [3.8, 4) is 0 Å². The highest BCUT2D eigenvalue weighted by Gasteiger charge is 2.23. The number of aryl methyl sites for hydroxylation is 1. The van der Waals surface area contributed by atoms with Crippen LogP contribution in [0.2, 0.25) is 0 Å². The lowest BCUT2D eigenvalue weighted by Gasteiger charge is -2.33. The lowest BCUT2D eigenvalue weighted by Crippen LogP contribution is -2.48. The molecule has 0 N–H and O–H groups in total. The van der Waals surface area contributed by atoms with Gasteiger partial charge in [0.25, 0.3) is 5.91 Å². The summed E-state index contributed by atoms with van der Waals surface area (Å²) in [4.78, 5) is 21.5. The highest BCUT2D eigenvalue weighted by atomic mass is 32.1. The van der Waals surface area contributed by atoms with Gasteiger partial charge in [0.1, 0.15) is 0 Å². The topological polar surface area (TPSA) is 62.5 Å². The number of thiophene rings is 1. The van der Waals surface area contributed by atoms with Crippen molar-refractivity contribution in [2.75, 3.05) is 26.2 Å². The van der Waals surface area contributed by atoms with Gasteiger partial charge in [0.05, 0.1) is 11.4 Å². The molecule has 6 nitrogen and oxygen atoms in total. The van der Waals surface area contributed by atoms with Crippen LogP contribution in [0.3, 0.4) is 0 Å². The molecule has 112 valence electrons. The third-order valence-electron chi connectivity index (χ3n) is 3.58. The summed E-state index contributed by atoms with van der Waals surface area (Å²) in [5.41, 5.74) is 0. The van der Waals surface area contributed by atoms with E-state index in [0.29, 0.717) is 12.4 Å². The first kappa shape index (κ1) is 14.2. The van der Waals surface area contributed by atoms with Gasteiger partial charge in [-0.1, -0.05) is 18.1 Å². The third kappa shape index (κ3) is 3.30. The monoisotopic (exact) mass is 306 g/mol. The molecule has 7 heteroatoms. The Bertz CT molecular complexity index is 588. The van der Waals surface area contributed by atoms with Gasteiger partial charge in [0.15, 0.2) is 5.82 Å². The SMILES string of the molecule is CCc1noc(CN2CCN(C(=O)c3cccs3)CC2)n1. The van der Waals surface area contributed by atoms with Gasteiger partial charge in [-0.05, 0) is 11.4 Å². The average Bonchev–Trinajstić information content (AvgIpc) is 3.19. The second-order valence-electron chi connectivity index (χ2n) is 5.00. The van der Waals surface area contributed by atoms with Crippen molar-refractivity contribution in [3.05, 3.63) is 34.1 Å². The van der Waals surface area contributed by atoms with Crippen LogP contribution in [0.4, 0.5) is 0 Å². The van der Waals surface area contributed by atoms with E-state index >= 15 is 0 Å². The van der Waals surface area contributed by atoms with Crippen molar-refractivity contribution in [2.24, 2.45) is 0 Å². The van der Waals surface area contributed by atoms with Crippen molar-refractivity contribution >= 4 is 17.2 Å². The van der Waals surface area contributed by atoms with E-state index < -0.39 is 0 Å². The first-order valence-corrected chi connectivity index (χ1v) is 8.01. The van der Waals surface area contributed by atoms with Gasteiger partial charge in [0, 0.05) is 32.6 Å². The molecule has 1 saturated heterocycles. The second kappa shape index (κ2) is 6.36. The van der Waals surface area contributed by atoms with Crippen LogP contribution in [0.5, 0.6) is 0 Å². The quantitative estimate of drug-likeness (QED) is 0.859. The van der Waals surface area contributed by atoms with Crippen LogP contribution in [0.25, 0.3) is 0 Å². The van der Waals surface area contributed by atoms with Gasteiger partial charge in [-0.3, -0.25) is 9.69 Å². The van der Waals surface area contributed by atoms with Crippen LogP contribution in [-0.2, 0) is 13.0 Å². The Labute approximate surface area is 127 Å². The lowest BCUT2D eigenvalue weighted by atomic mass is 10.3. The van der Waals surface area contributed by atoms with Crippen molar-refractivity contribution < 1.29 is 9.32 Å². The van der Waals surface area contributed by atoms with Gasteiger partial charge in [-0.25, -0.2) is 0 Å². The van der Waals surface area contributed by atoms with Crippen LogP contribution in [0, 0.1) is 0 Å². The molecule has 1 amide bonds. The molecule has 1 fully saturated rings. The number of carbonyl (C=O) groups excluding carboxylic acids is 1. The Kier molecular flexibility index (Phi) is 4.31. The minimum absolute atomic E-state index is 0.135. The Hall–Kier alpha value is -1.73. The molecule has 3 heterocycles. The summed E-state index contributed by atoms with van der Waals surface area (Å²) in [5, 5.41) is 5.84. The number of nitrogens with zero attached hydrogens (tertiary/aromatic N) is 4. The molecule has 0 bridgehead atoms. The van der Waals surface area contributed by atoms with Crippen molar-refractivity contribution in [1.82, 2.24) is 19.9 Å². The zero-order valence-electron chi connectivity index (χ0n) is 12.0. The number of amides is 1. The van der Waals surface area contributed by atoms with E-state index in [0.717, 1.165) is 43.3 Å². The van der Waals surface area contributed by atoms with Crippen molar-refractivity contribution in [1.29, 1.82) is 0 Å². The maximum absolute atomic E-state index is 12.2. The van der Waals surface area contributed by atoms with Gasteiger partial charge in [-0.15, -0.1) is 11.3 Å². The number of hydrogen-bond donors (Lipinski definition) is 0. The van der Waals surface area contributed by atoms with Crippen molar-refractivity contribution in [2.45, 2.75) is 19.9 Å². The second-order valence-corrected chi connectivity index (χ2v) is 5.95. The largest absolute Gasteiger partial charge is 0.338 e.